The van der Waals surface area contributed by atoms with Gasteiger partial charge in [-0.3, -0.25) is 0 Å². The summed E-state index contributed by atoms with van der Waals surface area (Å²) in [7, 11) is 1.86. The molecular formula is C34H40Cl2SiTi-4. The van der Waals surface area contributed by atoms with Crippen LogP contribution in [-0.2, 0) is 32.0 Å². The molecule has 0 N–H and O–H groups in total. The summed E-state index contributed by atoms with van der Waals surface area (Å²) < 4.78 is 0. The van der Waals surface area contributed by atoms with Crippen LogP contribution in [0.25, 0.3) is 22.3 Å². The molecule has 202 valence electrons. The fourth-order valence-corrected chi connectivity index (χ4v) is 4.00. The van der Waals surface area contributed by atoms with E-state index in [9.17, 15) is 0 Å². The van der Waals surface area contributed by atoms with Crippen LogP contribution < -0.4 is 0 Å². The van der Waals surface area contributed by atoms with Crippen LogP contribution in [0.15, 0.2) is 84.9 Å². The SMILES string of the molecule is Cl.Cl.[CH2-]CCC.[CH2-]CCC.[SiH2]=[Ti].[c-]1cccc2c1Cc1ccccc1-2.[c-]1cccc2c1Cc1ccccc1-2. The maximum atomic E-state index is 3.60. The summed E-state index contributed by atoms with van der Waals surface area (Å²) in [5, 5.41) is 0. The van der Waals surface area contributed by atoms with E-state index in [1.807, 2.05) is 38.9 Å². The second-order valence-electron chi connectivity index (χ2n) is 8.50. The fraction of sp³-hybridized carbons (Fsp3) is 0.235. The molecule has 6 rings (SSSR count). The van der Waals surface area contributed by atoms with E-state index in [-0.39, 0.29) is 24.8 Å². The summed E-state index contributed by atoms with van der Waals surface area (Å²) in [6.45, 7) is 11.4. The van der Waals surface area contributed by atoms with Gasteiger partial charge in [-0.15, -0.1) is 35.9 Å². The molecule has 4 heteroatoms. The summed E-state index contributed by atoms with van der Waals surface area (Å²) >= 11 is 2.03. The maximum absolute atomic E-state index is 3.60. The first-order valence-corrected chi connectivity index (χ1v) is 16.8. The van der Waals surface area contributed by atoms with Crippen molar-refractivity contribution in [1.82, 2.24) is 0 Å². The molecule has 0 spiro atoms. The van der Waals surface area contributed by atoms with E-state index in [2.05, 4.69) is 113 Å². The number of fused-ring (bicyclic) bond motifs is 6. The minimum Gasteiger partial charge on any atom is -0.179 e. The molecule has 4 aromatic rings. The van der Waals surface area contributed by atoms with Gasteiger partial charge in [0.1, 0.15) is 0 Å². The number of hydrogen-bond donors (Lipinski definition) is 0. The standard InChI is InChI=1S/2C13H9.2C4H9.2ClH.H2Si.Ti/c2*1-3-7-12-10(5-1)9-11-6-2-4-8-13(11)12;2*1-3-4-2;;;;/h2*1-5,7-8H,9H2;2*1,3-4H2,2H3;2*1H;1H2;/q4*-1;;;;. The second kappa shape index (κ2) is 21.2. The average Bonchev–Trinajstić information content (AvgIpc) is 3.53. The number of halogens is 2. The van der Waals surface area contributed by atoms with Crippen LogP contribution in [0.1, 0.15) is 61.8 Å². The van der Waals surface area contributed by atoms with Gasteiger partial charge in [0.25, 0.3) is 0 Å². The molecule has 2 aliphatic carbocycles. The Kier molecular flexibility index (Phi) is 20.3. The normalized spacial score (nSPS) is 10.1. The molecule has 0 aromatic heterocycles. The zero-order valence-corrected chi connectivity index (χ0v) is 27.4. The van der Waals surface area contributed by atoms with E-state index in [0.717, 1.165) is 25.7 Å². The van der Waals surface area contributed by atoms with Gasteiger partial charge in [-0.05, 0) is 12.8 Å². The Hall–Kier alpha value is -1.61. The molecule has 0 nitrogen and oxygen atoms in total. The first-order chi connectivity index (χ1) is 17.7. The van der Waals surface area contributed by atoms with Crippen molar-refractivity contribution >= 4 is 32.4 Å². The predicted octanol–water partition coefficient (Wildman–Crippen LogP) is 9.28. The van der Waals surface area contributed by atoms with Crippen LogP contribution in [0.2, 0.25) is 0 Å². The molecule has 0 saturated carbocycles. The molecule has 2 aliphatic rings. The van der Waals surface area contributed by atoms with Crippen molar-refractivity contribution in [3.8, 4) is 22.3 Å². The zero-order chi connectivity index (χ0) is 26.2. The molecule has 0 fully saturated rings. The van der Waals surface area contributed by atoms with E-state index < -0.39 is 0 Å². The molecule has 0 radical (unpaired) electrons. The summed E-state index contributed by atoms with van der Waals surface area (Å²) in [4.78, 5) is 0. The van der Waals surface area contributed by atoms with Crippen LogP contribution in [0, 0.1) is 26.0 Å². The molecule has 0 amide bonds. The Balaban J connectivity index is 0.000000520. The molecule has 0 unspecified atom stereocenters. The van der Waals surface area contributed by atoms with Gasteiger partial charge < -0.3 is 13.8 Å². The van der Waals surface area contributed by atoms with Crippen molar-refractivity contribution in [2.45, 2.75) is 52.4 Å². The maximum Gasteiger partial charge on any atom is -0.0253 e. The van der Waals surface area contributed by atoms with Crippen LogP contribution in [0.4, 0.5) is 0 Å². The summed E-state index contributed by atoms with van der Waals surface area (Å²) in [6, 6.07) is 36.2. The summed E-state index contributed by atoms with van der Waals surface area (Å²) in [5.74, 6) is 0. The zero-order valence-electron chi connectivity index (χ0n) is 22.8. The predicted molar refractivity (Wildman–Crippen MR) is 171 cm³/mol. The van der Waals surface area contributed by atoms with E-state index >= 15 is 0 Å². The van der Waals surface area contributed by atoms with Gasteiger partial charge in [-0.2, -0.15) is 72.5 Å². The van der Waals surface area contributed by atoms with Crippen molar-refractivity contribution in [1.29, 1.82) is 0 Å². The van der Waals surface area contributed by atoms with Crippen molar-refractivity contribution < 1.29 is 19.2 Å². The van der Waals surface area contributed by atoms with Crippen LogP contribution in [0.3, 0.4) is 0 Å². The van der Waals surface area contributed by atoms with E-state index in [4.69, 9.17) is 0 Å². The molecule has 0 aliphatic heterocycles. The molecule has 38 heavy (non-hydrogen) atoms. The smallest absolute Gasteiger partial charge is 0.0253 e. The van der Waals surface area contributed by atoms with Crippen molar-refractivity contribution in [3.05, 3.63) is 133 Å². The van der Waals surface area contributed by atoms with Gasteiger partial charge in [-0.25, -0.2) is 0 Å². The topological polar surface area (TPSA) is 0 Å². The third-order valence-electron chi connectivity index (χ3n) is 5.94. The Bertz CT molecular complexity index is 1010. The van der Waals surface area contributed by atoms with Gasteiger partial charge in [0, 0.05) is 0 Å². The van der Waals surface area contributed by atoms with Gasteiger partial charge >= 0.3 is 26.8 Å². The van der Waals surface area contributed by atoms with Gasteiger partial charge in [0.05, 0.1) is 0 Å². The monoisotopic (exact) mass is 594 g/mol. The first-order valence-electron chi connectivity index (χ1n) is 12.8. The van der Waals surface area contributed by atoms with E-state index in [0.29, 0.717) is 0 Å². The van der Waals surface area contributed by atoms with E-state index in [1.165, 1.54) is 57.3 Å². The van der Waals surface area contributed by atoms with Crippen LogP contribution in [0.5, 0.6) is 0 Å². The largest absolute Gasteiger partial charge is 0.179 e. The van der Waals surface area contributed by atoms with Gasteiger partial charge in [0.15, 0.2) is 0 Å². The van der Waals surface area contributed by atoms with E-state index in [1.54, 1.807) is 0 Å². The number of rotatable bonds is 2. The molecule has 0 heterocycles. The fourth-order valence-electron chi connectivity index (χ4n) is 4.00. The van der Waals surface area contributed by atoms with Gasteiger partial charge in [0.2, 0.25) is 0 Å². The van der Waals surface area contributed by atoms with Crippen molar-refractivity contribution in [2.75, 3.05) is 0 Å². The molecule has 0 bridgehead atoms. The second-order valence-corrected chi connectivity index (χ2v) is 8.50. The number of unbranched alkanes of at least 4 members (excludes halogenated alkanes) is 2. The van der Waals surface area contributed by atoms with Crippen LogP contribution >= 0.6 is 24.8 Å². The third-order valence-corrected chi connectivity index (χ3v) is 5.94. The quantitative estimate of drug-likeness (QED) is 0.138. The number of benzene rings is 4. The molecule has 0 atom stereocenters. The first kappa shape index (κ1) is 36.4. The average molecular weight is 596 g/mol. The Morgan fingerprint density at radius 1 is 0.605 bits per heavy atom. The minimum absolute atomic E-state index is 0. The Morgan fingerprint density at radius 3 is 1.26 bits per heavy atom. The third kappa shape index (κ3) is 10.5. The van der Waals surface area contributed by atoms with Crippen LogP contribution in [-0.4, -0.2) is 7.63 Å². The summed E-state index contributed by atoms with van der Waals surface area (Å²) in [5.41, 5.74) is 11.0. The number of hydrogen-bond acceptors (Lipinski definition) is 0. The molecular weight excluding hydrogens is 555 g/mol. The minimum atomic E-state index is 0. The Labute approximate surface area is 257 Å². The molecule has 0 saturated heterocycles. The Morgan fingerprint density at radius 2 is 0.921 bits per heavy atom. The van der Waals surface area contributed by atoms with Crippen molar-refractivity contribution in [2.24, 2.45) is 0 Å². The molecule has 4 aromatic carbocycles. The summed E-state index contributed by atoms with van der Waals surface area (Å²) in [6.07, 6.45) is 6.65. The van der Waals surface area contributed by atoms with Gasteiger partial charge in [-0.1, -0.05) is 97.5 Å². The van der Waals surface area contributed by atoms with Crippen molar-refractivity contribution in [3.63, 3.8) is 0 Å².